The third-order valence-corrected chi connectivity index (χ3v) is 8.61. The van der Waals surface area contributed by atoms with E-state index in [1.54, 1.807) is 0 Å². The van der Waals surface area contributed by atoms with Crippen LogP contribution < -0.4 is 10.6 Å². The highest BCUT2D eigenvalue weighted by Gasteiger charge is 2.17. The Kier molecular flexibility index (Phi) is 9.01. The highest BCUT2D eigenvalue weighted by atomic mass is 15.0. The molecule has 4 heterocycles. The Morgan fingerprint density at radius 3 is 1.41 bits per heavy atom. The molecule has 0 aliphatic carbocycles. The third-order valence-electron chi connectivity index (χ3n) is 8.61. The summed E-state index contributed by atoms with van der Waals surface area (Å²) in [6, 6.07) is 22.1. The van der Waals surface area contributed by atoms with Crippen molar-refractivity contribution in [3.8, 4) is 0 Å². The van der Waals surface area contributed by atoms with E-state index >= 15 is 0 Å². The number of pyridine rings is 2. The molecule has 44 heavy (non-hydrogen) atoms. The van der Waals surface area contributed by atoms with Crippen LogP contribution in [0.25, 0.3) is 43.6 Å². The van der Waals surface area contributed by atoms with Crippen LogP contribution in [0.5, 0.6) is 0 Å². The van der Waals surface area contributed by atoms with Crippen molar-refractivity contribution >= 4 is 43.6 Å². The molecular weight excluding hydrogens is 540 g/mol. The van der Waals surface area contributed by atoms with Crippen molar-refractivity contribution in [1.29, 1.82) is 0 Å². The van der Waals surface area contributed by atoms with Gasteiger partial charge in [0.1, 0.15) is 0 Å². The van der Waals surface area contributed by atoms with E-state index in [-0.39, 0.29) is 0 Å². The summed E-state index contributed by atoms with van der Waals surface area (Å²) in [5.41, 5.74) is 9.64. The lowest BCUT2D eigenvalue weighted by Gasteiger charge is -2.12. The smallest absolute Gasteiger partial charge is 0.0707 e. The van der Waals surface area contributed by atoms with Crippen molar-refractivity contribution in [2.75, 3.05) is 13.1 Å². The first-order valence-corrected chi connectivity index (χ1v) is 16.5. The van der Waals surface area contributed by atoms with Gasteiger partial charge in [-0.25, -0.2) is 0 Å². The number of hydrogen-bond donors (Lipinski definition) is 2. The van der Waals surface area contributed by atoms with Crippen LogP contribution in [0.4, 0.5) is 0 Å². The number of para-hydroxylation sites is 2. The molecule has 4 aromatic heterocycles. The van der Waals surface area contributed by atoms with Gasteiger partial charge in [0.25, 0.3) is 0 Å². The molecule has 0 atom stereocenters. The number of aromatic nitrogens is 4. The van der Waals surface area contributed by atoms with Gasteiger partial charge in [-0.1, -0.05) is 64.1 Å². The molecule has 0 aliphatic rings. The summed E-state index contributed by atoms with van der Waals surface area (Å²) in [6.45, 7) is 19.0. The fraction of sp³-hybridized carbons (Fsp3) is 0.421. The first-order valence-electron chi connectivity index (χ1n) is 16.5. The molecule has 0 spiro atoms. The molecule has 0 fully saturated rings. The Morgan fingerprint density at radius 2 is 1.00 bits per heavy atom. The van der Waals surface area contributed by atoms with Crippen molar-refractivity contribution in [1.82, 2.24) is 29.7 Å². The van der Waals surface area contributed by atoms with E-state index in [0.29, 0.717) is 11.8 Å². The third kappa shape index (κ3) is 6.11. The Hall–Kier alpha value is -3.74. The van der Waals surface area contributed by atoms with E-state index in [1.807, 2.05) is 0 Å². The minimum atomic E-state index is 0.580. The number of fused-ring (bicyclic) bond motifs is 6. The van der Waals surface area contributed by atoms with Crippen LogP contribution in [0, 0.1) is 25.7 Å². The number of hydrogen-bond acceptors (Lipinski definition) is 4. The van der Waals surface area contributed by atoms with Crippen LogP contribution in [0.1, 0.15) is 63.3 Å². The minimum absolute atomic E-state index is 0.580. The van der Waals surface area contributed by atoms with Crippen LogP contribution in [0.2, 0.25) is 0 Å². The van der Waals surface area contributed by atoms with Gasteiger partial charge in [-0.15, -0.1) is 0 Å². The summed E-state index contributed by atoms with van der Waals surface area (Å²) in [5, 5.41) is 12.6. The van der Waals surface area contributed by atoms with E-state index in [2.05, 4.69) is 122 Å². The van der Waals surface area contributed by atoms with Gasteiger partial charge in [0.2, 0.25) is 0 Å². The minimum Gasteiger partial charge on any atom is -0.339 e. The molecule has 0 saturated carbocycles. The molecule has 0 bridgehead atoms. The van der Waals surface area contributed by atoms with Crippen LogP contribution >= 0.6 is 0 Å². The summed E-state index contributed by atoms with van der Waals surface area (Å²) >= 11 is 0. The number of aryl methyl sites for hydroxylation is 2. The van der Waals surface area contributed by atoms with Crippen molar-refractivity contribution in [3.05, 3.63) is 83.4 Å². The van der Waals surface area contributed by atoms with E-state index < -0.39 is 0 Å². The van der Waals surface area contributed by atoms with Crippen LogP contribution in [0.3, 0.4) is 0 Å². The lowest BCUT2D eigenvalue weighted by Crippen LogP contribution is -2.19. The van der Waals surface area contributed by atoms with Crippen molar-refractivity contribution in [2.45, 2.75) is 80.6 Å². The first-order chi connectivity index (χ1) is 21.3. The van der Waals surface area contributed by atoms with E-state index in [1.165, 1.54) is 43.6 Å². The molecule has 6 heteroatoms. The molecule has 0 aliphatic heterocycles. The standard InChI is InChI=1S/C38H48N6/c1-25(2)23-43-35-15-9-7-13-31(35)33-19-29(41-27(5)37(33)43)21-39-17-11-12-18-40-22-30-20-34-32-14-8-10-16-36(32)44(24-26(3)4)38(34)28(6)42-30/h7-10,13-16,19-20,25-26,39-40H,11-12,17-18,21-24H2,1-6H3. The molecule has 0 amide bonds. The fourth-order valence-corrected chi connectivity index (χ4v) is 6.89. The van der Waals surface area contributed by atoms with Crippen molar-refractivity contribution in [2.24, 2.45) is 11.8 Å². The van der Waals surface area contributed by atoms with Gasteiger partial charge in [0.15, 0.2) is 0 Å². The van der Waals surface area contributed by atoms with Gasteiger partial charge in [0.05, 0.1) is 33.8 Å². The molecule has 6 aromatic rings. The maximum Gasteiger partial charge on any atom is 0.0707 e. The molecule has 0 radical (unpaired) electrons. The predicted octanol–water partition coefficient (Wildman–Crippen LogP) is 8.28. The number of nitrogens with one attached hydrogen (secondary N) is 2. The largest absolute Gasteiger partial charge is 0.339 e. The second-order valence-electron chi connectivity index (χ2n) is 13.3. The van der Waals surface area contributed by atoms with Crippen LogP contribution in [-0.2, 0) is 26.2 Å². The SMILES string of the molecule is Cc1nc(CNCCCCNCc2cc3c4ccccc4n(CC(C)C)c3c(C)n2)cc2c3ccccc3n(CC(C)C)c12. The van der Waals surface area contributed by atoms with E-state index in [0.717, 1.165) is 74.9 Å². The fourth-order valence-electron chi connectivity index (χ4n) is 6.89. The van der Waals surface area contributed by atoms with Crippen molar-refractivity contribution in [3.63, 3.8) is 0 Å². The number of nitrogens with zero attached hydrogens (tertiary/aromatic N) is 4. The second kappa shape index (κ2) is 13.1. The van der Waals surface area contributed by atoms with Gasteiger partial charge < -0.3 is 19.8 Å². The maximum absolute atomic E-state index is 5.00. The van der Waals surface area contributed by atoms with Gasteiger partial charge in [0, 0.05) is 58.8 Å². The summed E-state index contributed by atoms with van der Waals surface area (Å²) in [7, 11) is 0. The predicted molar refractivity (Wildman–Crippen MR) is 186 cm³/mol. The normalized spacial score (nSPS) is 12.3. The van der Waals surface area contributed by atoms with Gasteiger partial charge in [-0.2, -0.15) is 0 Å². The molecule has 2 N–H and O–H groups in total. The zero-order valence-corrected chi connectivity index (χ0v) is 27.4. The lowest BCUT2D eigenvalue weighted by atomic mass is 10.1. The Bertz CT molecular complexity index is 1770. The summed E-state index contributed by atoms with van der Waals surface area (Å²) in [5.74, 6) is 1.16. The molecule has 230 valence electrons. The average Bonchev–Trinajstić information content (AvgIpc) is 3.47. The molecule has 6 rings (SSSR count). The number of benzene rings is 2. The monoisotopic (exact) mass is 588 g/mol. The Balaban J connectivity index is 1.02. The highest BCUT2D eigenvalue weighted by molar-refractivity contribution is 6.09. The topological polar surface area (TPSA) is 59.7 Å². The highest BCUT2D eigenvalue weighted by Crippen LogP contribution is 2.33. The van der Waals surface area contributed by atoms with Crippen molar-refractivity contribution < 1.29 is 0 Å². The molecule has 0 saturated heterocycles. The summed E-state index contributed by atoms with van der Waals surface area (Å²) in [4.78, 5) is 10.0. The summed E-state index contributed by atoms with van der Waals surface area (Å²) < 4.78 is 4.92. The maximum atomic E-state index is 5.00. The lowest BCUT2D eigenvalue weighted by molar-refractivity contribution is 0.544. The number of unbranched alkanes of at least 4 members (excludes halogenated alkanes) is 1. The summed E-state index contributed by atoms with van der Waals surface area (Å²) in [6.07, 6.45) is 2.24. The van der Waals surface area contributed by atoms with E-state index in [9.17, 15) is 0 Å². The Morgan fingerprint density at radius 1 is 0.591 bits per heavy atom. The zero-order chi connectivity index (χ0) is 30.8. The first kappa shape index (κ1) is 30.3. The van der Waals surface area contributed by atoms with Crippen LogP contribution in [0.15, 0.2) is 60.7 Å². The Labute approximate surface area is 261 Å². The second-order valence-corrected chi connectivity index (χ2v) is 13.3. The van der Waals surface area contributed by atoms with Gasteiger partial charge in [-0.05, 0) is 75.9 Å². The molecule has 2 aromatic carbocycles. The quantitative estimate of drug-likeness (QED) is 0.133. The molecule has 6 nitrogen and oxygen atoms in total. The average molecular weight is 589 g/mol. The van der Waals surface area contributed by atoms with Gasteiger partial charge >= 0.3 is 0 Å². The van der Waals surface area contributed by atoms with Crippen LogP contribution in [-0.4, -0.2) is 32.2 Å². The molecule has 0 unspecified atom stereocenters. The number of rotatable bonds is 13. The zero-order valence-electron chi connectivity index (χ0n) is 27.4. The van der Waals surface area contributed by atoms with Gasteiger partial charge in [-0.3, -0.25) is 9.97 Å². The molecular formula is C38H48N6. The van der Waals surface area contributed by atoms with E-state index in [4.69, 9.17) is 9.97 Å².